The lowest BCUT2D eigenvalue weighted by Crippen LogP contribution is -2.54. The van der Waals surface area contributed by atoms with Crippen molar-refractivity contribution in [2.75, 3.05) is 46.8 Å². The fourth-order valence-electron chi connectivity index (χ4n) is 2.27. The zero-order valence-corrected chi connectivity index (χ0v) is 12.1. The van der Waals surface area contributed by atoms with Crippen LogP contribution < -0.4 is 11.1 Å². The molecule has 1 aliphatic heterocycles. The van der Waals surface area contributed by atoms with Gasteiger partial charge in [0, 0.05) is 38.8 Å². The summed E-state index contributed by atoms with van der Waals surface area (Å²) in [7, 11) is 4.18. The van der Waals surface area contributed by atoms with Gasteiger partial charge in [0.15, 0.2) is 5.69 Å². The molecule has 112 valence electrons. The molecular formula is C12H23N7O. The van der Waals surface area contributed by atoms with Crippen molar-refractivity contribution in [2.24, 2.45) is 5.73 Å². The molecule has 2 heterocycles. The van der Waals surface area contributed by atoms with Crippen molar-refractivity contribution < 1.29 is 4.79 Å². The smallest absolute Gasteiger partial charge is 0.273 e. The number of nitrogens with two attached hydrogens (primary N) is 1. The van der Waals surface area contributed by atoms with Crippen molar-refractivity contribution in [3.05, 3.63) is 11.9 Å². The maximum absolute atomic E-state index is 12.0. The molecular weight excluding hydrogens is 258 g/mol. The molecule has 0 aromatic carbocycles. The van der Waals surface area contributed by atoms with E-state index in [4.69, 9.17) is 5.73 Å². The van der Waals surface area contributed by atoms with E-state index in [2.05, 4.69) is 39.5 Å². The van der Waals surface area contributed by atoms with E-state index in [1.807, 2.05) is 0 Å². The number of amides is 1. The minimum Gasteiger partial charge on any atom is -0.349 e. The van der Waals surface area contributed by atoms with Crippen molar-refractivity contribution in [3.63, 3.8) is 0 Å². The van der Waals surface area contributed by atoms with Gasteiger partial charge in [-0.3, -0.25) is 14.4 Å². The van der Waals surface area contributed by atoms with Crippen LogP contribution >= 0.6 is 0 Å². The topological polar surface area (TPSA) is 92.3 Å². The fraction of sp³-hybridized carbons (Fsp3) is 0.750. The quantitative estimate of drug-likeness (QED) is 0.662. The summed E-state index contributed by atoms with van der Waals surface area (Å²) in [5.74, 6) is -0.185. The number of hydrogen-bond donors (Lipinski definition) is 2. The molecule has 2 rings (SSSR count). The minimum absolute atomic E-state index is 0.185. The Kier molecular flexibility index (Phi) is 5.05. The molecule has 1 aromatic rings. The van der Waals surface area contributed by atoms with E-state index in [0.29, 0.717) is 31.4 Å². The SMILES string of the molecule is CN1CCN(C)C(CNC(=O)c2cn(CCN)nn2)C1. The van der Waals surface area contributed by atoms with Crippen LogP contribution in [-0.4, -0.2) is 83.6 Å². The zero-order valence-electron chi connectivity index (χ0n) is 12.1. The van der Waals surface area contributed by atoms with Crippen molar-refractivity contribution >= 4 is 5.91 Å². The summed E-state index contributed by atoms with van der Waals surface area (Å²) in [6, 6.07) is 0.330. The molecule has 3 N–H and O–H groups in total. The molecule has 20 heavy (non-hydrogen) atoms. The largest absolute Gasteiger partial charge is 0.349 e. The summed E-state index contributed by atoms with van der Waals surface area (Å²) in [5, 5.41) is 10.6. The highest BCUT2D eigenvalue weighted by atomic mass is 16.2. The number of carbonyl (C=O) groups is 1. The number of likely N-dealkylation sites (N-methyl/N-ethyl adjacent to an activating group) is 2. The van der Waals surface area contributed by atoms with Gasteiger partial charge in [-0.15, -0.1) is 5.10 Å². The molecule has 1 aromatic heterocycles. The molecule has 0 aliphatic carbocycles. The molecule has 1 unspecified atom stereocenters. The molecule has 1 fully saturated rings. The van der Waals surface area contributed by atoms with E-state index in [9.17, 15) is 4.79 Å². The average molecular weight is 281 g/mol. The second kappa shape index (κ2) is 6.78. The minimum atomic E-state index is -0.185. The number of hydrogen-bond acceptors (Lipinski definition) is 6. The molecule has 1 aliphatic rings. The summed E-state index contributed by atoms with van der Waals surface area (Å²) in [6.07, 6.45) is 1.62. The third-order valence-corrected chi connectivity index (χ3v) is 3.61. The Labute approximate surface area is 118 Å². The van der Waals surface area contributed by atoms with Crippen molar-refractivity contribution in [1.29, 1.82) is 0 Å². The van der Waals surface area contributed by atoms with E-state index in [-0.39, 0.29) is 5.91 Å². The lowest BCUT2D eigenvalue weighted by molar-refractivity contribution is 0.0877. The molecule has 1 amide bonds. The van der Waals surface area contributed by atoms with E-state index in [1.165, 1.54) is 0 Å². The second-order valence-electron chi connectivity index (χ2n) is 5.26. The monoisotopic (exact) mass is 281 g/mol. The first-order chi connectivity index (χ1) is 9.60. The number of carbonyl (C=O) groups excluding carboxylic acids is 1. The van der Waals surface area contributed by atoms with Crippen LogP contribution in [0, 0.1) is 0 Å². The van der Waals surface area contributed by atoms with E-state index in [1.54, 1.807) is 10.9 Å². The molecule has 0 saturated carbocycles. The predicted molar refractivity (Wildman–Crippen MR) is 75.3 cm³/mol. The van der Waals surface area contributed by atoms with Gasteiger partial charge in [-0.05, 0) is 14.1 Å². The molecule has 1 saturated heterocycles. The normalized spacial score (nSPS) is 21.1. The Morgan fingerprint density at radius 3 is 3.05 bits per heavy atom. The summed E-state index contributed by atoms with van der Waals surface area (Å²) >= 11 is 0. The summed E-state index contributed by atoms with van der Waals surface area (Å²) in [5.41, 5.74) is 5.77. The van der Waals surface area contributed by atoms with Crippen LogP contribution in [0.15, 0.2) is 6.20 Å². The maximum Gasteiger partial charge on any atom is 0.273 e. The third kappa shape index (κ3) is 3.75. The molecule has 0 bridgehead atoms. The highest BCUT2D eigenvalue weighted by molar-refractivity contribution is 5.91. The Hall–Kier alpha value is -1.51. The van der Waals surface area contributed by atoms with Gasteiger partial charge in [-0.2, -0.15) is 0 Å². The van der Waals surface area contributed by atoms with E-state index < -0.39 is 0 Å². The summed E-state index contributed by atoms with van der Waals surface area (Å²) in [6.45, 7) is 4.69. The van der Waals surface area contributed by atoms with Crippen LogP contribution in [0.3, 0.4) is 0 Å². The lowest BCUT2D eigenvalue weighted by atomic mass is 10.2. The zero-order chi connectivity index (χ0) is 14.5. The van der Waals surface area contributed by atoms with Crippen LogP contribution in [0.5, 0.6) is 0 Å². The third-order valence-electron chi connectivity index (χ3n) is 3.61. The van der Waals surface area contributed by atoms with Crippen LogP contribution in [0.4, 0.5) is 0 Å². The fourth-order valence-corrected chi connectivity index (χ4v) is 2.27. The lowest BCUT2D eigenvalue weighted by Gasteiger charge is -2.37. The van der Waals surface area contributed by atoms with Gasteiger partial charge in [0.2, 0.25) is 0 Å². The predicted octanol–water partition coefficient (Wildman–Crippen LogP) is -1.79. The number of aromatic nitrogens is 3. The molecule has 8 heteroatoms. The summed E-state index contributed by atoms with van der Waals surface area (Å²) < 4.78 is 1.58. The molecule has 1 atom stereocenters. The van der Waals surface area contributed by atoms with Gasteiger partial charge >= 0.3 is 0 Å². The van der Waals surface area contributed by atoms with Gasteiger partial charge in [-0.1, -0.05) is 5.21 Å². The Balaban J connectivity index is 1.84. The first-order valence-electron chi connectivity index (χ1n) is 6.87. The Morgan fingerprint density at radius 1 is 1.50 bits per heavy atom. The van der Waals surface area contributed by atoms with Crippen LogP contribution in [0.25, 0.3) is 0 Å². The van der Waals surface area contributed by atoms with Crippen LogP contribution in [0.1, 0.15) is 10.5 Å². The van der Waals surface area contributed by atoms with Gasteiger partial charge in [0.05, 0.1) is 12.7 Å². The second-order valence-corrected chi connectivity index (χ2v) is 5.26. The molecule has 0 radical (unpaired) electrons. The summed E-state index contributed by atoms with van der Waals surface area (Å²) in [4.78, 5) is 16.5. The highest BCUT2D eigenvalue weighted by Crippen LogP contribution is 2.05. The maximum atomic E-state index is 12.0. The van der Waals surface area contributed by atoms with Gasteiger partial charge in [0.1, 0.15) is 0 Å². The van der Waals surface area contributed by atoms with Crippen molar-refractivity contribution in [2.45, 2.75) is 12.6 Å². The number of piperazine rings is 1. The Bertz CT molecular complexity index is 447. The van der Waals surface area contributed by atoms with Crippen LogP contribution in [-0.2, 0) is 6.54 Å². The van der Waals surface area contributed by atoms with Crippen molar-refractivity contribution in [1.82, 2.24) is 30.1 Å². The molecule has 0 spiro atoms. The molecule has 8 nitrogen and oxygen atoms in total. The first kappa shape index (κ1) is 14.9. The number of rotatable bonds is 5. The number of nitrogens with one attached hydrogen (secondary N) is 1. The highest BCUT2D eigenvalue weighted by Gasteiger charge is 2.23. The van der Waals surface area contributed by atoms with Gasteiger partial charge in [0.25, 0.3) is 5.91 Å². The average Bonchev–Trinajstić information content (AvgIpc) is 2.88. The van der Waals surface area contributed by atoms with E-state index in [0.717, 1.165) is 19.6 Å². The first-order valence-corrected chi connectivity index (χ1v) is 6.87. The van der Waals surface area contributed by atoms with E-state index >= 15 is 0 Å². The van der Waals surface area contributed by atoms with Crippen molar-refractivity contribution in [3.8, 4) is 0 Å². The Morgan fingerprint density at radius 2 is 2.30 bits per heavy atom. The standard InChI is InChI=1S/C12H23N7O/c1-17-5-6-18(2)10(8-17)7-14-12(20)11-9-19(4-3-13)16-15-11/h9-10H,3-8,13H2,1-2H3,(H,14,20). The number of nitrogens with zero attached hydrogens (tertiary/aromatic N) is 5. The van der Waals surface area contributed by atoms with Gasteiger partial charge in [-0.25, -0.2) is 0 Å². The van der Waals surface area contributed by atoms with Gasteiger partial charge < -0.3 is 16.0 Å². The van der Waals surface area contributed by atoms with Crippen LogP contribution in [0.2, 0.25) is 0 Å².